The molecule has 2 aromatic carbocycles. The number of nitrogens with zero attached hydrogens (tertiary/aromatic N) is 1. The third kappa shape index (κ3) is 4.90. The molecule has 3 rings (SSSR count). The lowest BCUT2D eigenvalue weighted by Crippen LogP contribution is -2.19. The lowest BCUT2D eigenvalue weighted by molar-refractivity contribution is -0.385. The molecule has 2 aromatic rings. The molecule has 0 fully saturated rings. The second-order valence-electron chi connectivity index (χ2n) is 6.38. The quantitative estimate of drug-likeness (QED) is 0.315. The number of rotatable bonds is 7. The van der Waals surface area contributed by atoms with Crippen LogP contribution in [0.2, 0.25) is 0 Å². The van der Waals surface area contributed by atoms with E-state index in [0.717, 1.165) is 11.6 Å². The van der Waals surface area contributed by atoms with E-state index in [1.165, 1.54) is 13.0 Å². The molecule has 0 unspecified atom stereocenters. The predicted molar refractivity (Wildman–Crippen MR) is 103 cm³/mol. The fraction of sp³-hybridized carbons (Fsp3) is 0.250. The van der Waals surface area contributed by atoms with Gasteiger partial charge in [-0.25, -0.2) is 4.79 Å². The van der Waals surface area contributed by atoms with E-state index in [1.807, 2.05) is 0 Å². The number of Topliss-reactive ketones (excluding diaryl/α,β-unsaturated/α-hetero) is 1. The summed E-state index contributed by atoms with van der Waals surface area (Å²) in [6.45, 7) is 1.63. The molecular weight excluding hydrogens is 396 g/mol. The molecule has 0 saturated carbocycles. The van der Waals surface area contributed by atoms with E-state index in [0.29, 0.717) is 12.1 Å². The lowest BCUT2D eigenvalue weighted by atomic mass is 10.1. The number of hydrogen-bond donors (Lipinski definition) is 1. The highest BCUT2D eigenvalue weighted by molar-refractivity contribution is 6.00. The molecule has 0 aliphatic carbocycles. The molecule has 10 heteroatoms. The van der Waals surface area contributed by atoms with E-state index < -0.39 is 29.0 Å². The molecule has 0 atom stereocenters. The molecular formula is C20H18N2O8. The Morgan fingerprint density at radius 1 is 1.10 bits per heavy atom. The van der Waals surface area contributed by atoms with Crippen molar-refractivity contribution in [2.75, 3.05) is 19.8 Å². The molecule has 1 aliphatic heterocycles. The van der Waals surface area contributed by atoms with Gasteiger partial charge in [0.25, 0.3) is 5.69 Å². The first-order chi connectivity index (χ1) is 14.3. The Kier molecular flexibility index (Phi) is 6.26. The Morgan fingerprint density at radius 2 is 1.73 bits per heavy atom. The Balaban J connectivity index is 1.67. The number of ketones is 1. The van der Waals surface area contributed by atoms with Crippen LogP contribution in [0, 0.1) is 10.1 Å². The number of fused-ring (bicyclic) bond motifs is 1. The first-order valence-electron chi connectivity index (χ1n) is 8.97. The van der Waals surface area contributed by atoms with Crippen molar-refractivity contribution in [3.05, 3.63) is 63.2 Å². The highest BCUT2D eigenvalue weighted by Gasteiger charge is 2.27. The largest absolute Gasteiger partial charge is 0.486 e. The minimum Gasteiger partial charge on any atom is -0.486 e. The second kappa shape index (κ2) is 9.03. The maximum Gasteiger partial charge on any atom is 0.345 e. The zero-order valence-corrected chi connectivity index (χ0v) is 16.0. The van der Waals surface area contributed by atoms with Gasteiger partial charge in [0.15, 0.2) is 23.9 Å². The Labute approximate surface area is 170 Å². The molecule has 1 amide bonds. The summed E-state index contributed by atoms with van der Waals surface area (Å²) in [7, 11) is 0. The first kappa shape index (κ1) is 20.8. The van der Waals surface area contributed by atoms with Crippen LogP contribution in [0.25, 0.3) is 0 Å². The van der Waals surface area contributed by atoms with Crippen molar-refractivity contribution in [1.82, 2.24) is 5.32 Å². The minimum absolute atomic E-state index is 0.167. The topological polar surface area (TPSA) is 134 Å². The summed E-state index contributed by atoms with van der Waals surface area (Å²) in [6.07, 6.45) is 0. The van der Waals surface area contributed by atoms with Crippen LogP contribution in [0.5, 0.6) is 11.5 Å². The van der Waals surface area contributed by atoms with Gasteiger partial charge in [-0.05, 0) is 5.56 Å². The molecule has 1 heterocycles. The van der Waals surface area contributed by atoms with Crippen LogP contribution in [-0.4, -0.2) is 42.4 Å². The number of nitro benzene ring substituents is 1. The van der Waals surface area contributed by atoms with E-state index in [4.69, 9.17) is 14.2 Å². The van der Waals surface area contributed by atoms with Crippen LogP contribution in [0.1, 0.15) is 33.2 Å². The molecule has 0 spiro atoms. The molecule has 0 radical (unpaired) electrons. The van der Waals surface area contributed by atoms with Gasteiger partial charge in [0.1, 0.15) is 18.8 Å². The Bertz CT molecular complexity index is 1000. The average Bonchev–Trinajstić information content (AvgIpc) is 2.75. The summed E-state index contributed by atoms with van der Waals surface area (Å²) in [6, 6.07) is 8.68. The highest BCUT2D eigenvalue weighted by Crippen LogP contribution is 2.36. The van der Waals surface area contributed by atoms with Crippen molar-refractivity contribution in [3.63, 3.8) is 0 Å². The molecule has 156 valence electrons. The zero-order valence-electron chi connectivity index (χ0n) is 16.0. The van der Waals surface area contributed by atoms with Crippen LogP contribution in [0.4, 0.5) is 5.69 Å². The third-order valence-corrected chi connectivity index (χ3v) is 4.23. The van der Waals surface area contributed by atoms with Crippen LogP contribution < -0.4 is 14.8 Å². The SMILES string of the molecule is CC(=O)NCc1ccc(C(=O)COC(=O)c2cc3c(cc2[N+](=O)[O-])OCCO3)cc1. The minimum atomic E-state index is -1.02. The molecule has 1 N–H and O–H groups in total. The standard InChI is InChI=1S/C20H18N2O8/c1-12(23)21-10-13-2-4-14(5-3-13)17(24)11-30-20(25)15-8-18-19(29-7-6-28-18)9-16(15)22(26)27/h2-5,8-9H,6-7,10-11H2,1H3,(H,21,23). The first-order valence-corrected chi connectivity index (χ1v) is 8.97. The van der Waals surface area contributed by atoms with Crippen molar-refractivity contribution in [2.45, 2.75) is 13.5 Å². The molecule has 0 saturated heterocycles. The summed E-state index contributed by atoms with van der Waals surface area (Å²) in [5.74, 6) is -1.31. The van der Waals surface area contributed by atoms with Crippen molar-refractivity contribution in [1.29, 1.82) is 0 Å². The monoisotopic (exact) mass is 414 g/mol. The smallest absolute Gasteiger partial charge is 0.345 e. The second-order valence-corrected chi connectivity index (χ2v) is 6.38. The predicted octanol–water partition coefficient (Wildman–Crippen LogP) is 2.04. The van der Waals surface area contributed by atoms with Gasteiger partial charge in [0.05, 0.1) is 11.0 Å². The zero-order chi connectivity index (χ0) is 21.7. The summed E-state index contributed by atoms with van der Waals surface area (Å²) in [5, 5.41) is 13.9. The van der Waals surface area contributed by atoms with Gasteiger partial charge in [-0.1, -0.05) is 24.3 Å². The number of carbonyl (C=O) groups is 3. The fourth-order valence-electron chi connectivity index (χ4n) is 2.72. The van der Waals surface area contributed by atoms with Crippen LogP contribution >= 0.6 is 0 Å². The number of benzene rings is 2. The van der Waals surface area contributed by atoms with E-state index in [9.17, 15) is 24.5 Å². The number of ether oxygens (including phenoxy) is 3. The summed E-state index contributed by atoms with van der Waals surface area (Å²) in [5.41, 5.74) is 0.262. The molecule has 1 aliphatic rings. The van der Waals surface area contributed by atoms with Crippen LogP contribution in [-0.2, 0) is 16.1 Å². The molecule has 10 nitrogen and oxygen atoms in total. The molecule has 0 aromatic heterocycles. The maximum atomic E-state index is 12.4. The van der Waals surface area contributed by atoms with Crippen molar-refractivity contribution < 1.29 is 33.5 Å². The van der Waals surface area contributed by atoms with E-state index in [-0.39, 0.29) is 36.2 Å². The van der Waals surface area contributed by atoms with Gasteiger partial charge < -0.3 is 19.5 Å². The Hall–Kier alpha value is -3.95. The number of nitrogens with one attached hydrogen (secondary N) is 1. The molecule has 0 bridgehead atoms. The number of esters is 1. The van der Waals surface area contributed by atoms with E-state index in [2.05, 4.69) is 5.32 Å². The normalized spacial score (nSPS) is 12.0. The average molecular weight is 414 g/mol. The number of hydrogen-bond acceptors (Lipinski definition) is 8. The fourth-order valence-corrected chi connectivity index (χ4v) is 2.72. The van der Waals surface area contributed by atoms with E-state index >= 15 is 0 Å². The van der Waals surface area contributed by atoms with Gasteiger partial charge in [-0.15, -0.1) is 0 Å². The van der Waals surface area contributed by atoms with Gasteiger partial charge >= 0.3 is 5.97 Å². The van der Waals surface area contributed by atoms with E-state index in [1.54, 1.807) is 24.3 Å². The Morgan fingerprint density at radius 3 is 2.33 bits per heavy atom. The summed E-state index contributed by atoms with van der Waals surface area (Å²) in [4.78, 5) is 46.2. The highest BCUT2D eigenvalue weighted by atomic mass is 16.6. The van der Waals surface area contributed by atoms with Crippen LogP contribution in [0.3, 0.4) is 0 Å². The summed E-state index contributed by atoms with van der Waals surface area (Å²) >= 11 is 0. The summed E-state index contributed by atoms with van der Waals surface area (Å²) < 4.78 is 15.6. The molecule has 30 heavy (non-hydrogen) atoms. The van der Waals surface area contributed by atoms with Gasteiger partial charge in [0.2, 0.25) is 5.91 Å². The van der Waals surface area contributed by atoms with Gasteiger partial charge in [0, 0.05) is 25.1 Å². The van der Waals surface area contributed by atoms with Crippen molar-refractivity contribution in [2.24, 2.45) is 0 Å². The van der Waals surface area contributed by atoms with Gasteiger partial charge in [-0.2, -0.15) is 0 Å². The number of nitro groups is 1. The number of carbonyl (C=O) groups excluding carboxylic acids is 3. The maximum absolute atomic E-state index is 12.4. The lowest BCUT2D eigenvalue weighted by Gasteiger charge is -2.18. The van der Waals surface area contributed by atoms with Gasteiger partial charge in [-0.3, -0.25) is 19.7 Å². The van der Waals surface area contributed by atoms with Crippen LogP contribution in [0.15, 0.2) is 36.4 Å². The van der Waals surface area contributed by atoms with Crippen molar-refractivity contribution >= 4 is 23.3 Å². The van der Waals surface area contributed by atoms with Crippen molar-refractivity contribution in [3.8, 4) is 11.5 Å². The third-order valence-electron chi connectivity index (χ3n) is 4.23. The number of amides is 1.